The second-order valence-corrected chi connectivity index (χ2v) is 4.95. The number of ether oxygens (including phenoxy) is 1. The molecule has 3 aliphatic carbocycles. The zero-order chi connectivity index (χ0) is 9.71. The largest absolute Gasteiger partial charge is 0.462 e. The highest BCUT2D eigenvalue weighted by molar-refractivity contribution is 5.66. The van der Waals surface area contributed by atoms with Crippen LogP contribution < -0.4 is 0 Å². The van der Waals surface area contributed by atoms with Gasteiger partial charge >= 0.3 is 5.97 Å². The SMILES string of the molecule is CC(=O)O[C@H]1C[C@@H]2C[C@@H]1[C@H]1CC=C[C@H]21. The van der Waals surface area contributed by atoms with Crippen LogP contribution in [-0.4, -0.2) is 12.1 Å². The van der Waals surface area contributed by atoms with Crippen LogP contribution in [0.25, 0.3) is 0 Å². The topological polar surface area (TPSA) is 26.3 Å². The summed E-state index contributed by atoms with van der Waals surface area (Å²) in [5.74, 6) is 2.95. The molecule has 0 spiro atoms. The van der Waals surface area contributed by atoms with Crippen molar-refractivity contribution in [2.24, 2.45) is 23.7 Å². The van der Waals surface area contributed by atoms with E-state index in [9.17, 15) is 4.79 Å². The number of esters is 1. The van der Waals surface area contributed by atoms with Crippen LogP contribution in [0.5, 0.6) is 0 Å². The van der Waals surface area contributed by atoms with Crippen LogP contribution in [0.3, 0.4) is 0 Å². The normalized spacial score (nSPS) is 48.2. The molecule has 14 heavy (non-hydrogen) atoms. The summed E-state index contributed by atoms with van der Waals surface area (Å²) in [6.07, 6.45) is 8.54. The molecule has 0 amide bonds. The van der Waals surface area contributed by atoms with E-state index in [0.717, 1.165) is 24.2 Å². The summed E-state index contributed by atoms with van der Waals surface area (Å²) in [5.41, 5.74) is 0. The summed E-state index contributed by atoms with van der Waals surface area (Å²) in [6, 6.07) is 0. The Hall–Kier alpha value is -0.790. The van der Waals surface area contributed by atoms with Crippen LogP contribution in [0.15, 0.2) is 12.2 Å². The van der Waals surface area contributed by atoms with E-state index in [1.165, 1.54) is 19.8 Å². The van der Waals surface area contributed by atoms with E-state index in [1.807, 2.05) is 0 Å². The summed E-state index contributed by atoms with van der Waals surface area (Å²) in [6.45, 7) is 1.52. The molecule has 76 valence electrons. The van der Waals surface area contributed by atoms with E-state index >= 15 is 0 Å². The highest BCUT2D eigenvalue weighted by Gasteiger charge is 2.53. The molecule has 0 saturated heterocycles. The van der Waals surface area contributed by atoms with Crippen LogP contribution in [-0.2, 0) is 9.53 Å². The smallest absolute Gasteiger partial charge is 0.302 e. The van der Waals surface area contributed by atoms with Gasteiger partial charge in [-0.25, -0.2) is 0 Å². The molecule has 2 saturated carbocycles. The number of hydrogen-bond acceptors (Lipinski definition) is 2. The van der Waals surface area contributed by atoms with Crippen molar-refractivity contribution in [3.8, 4) is 0 Å². The molecule has 0 heterocycles. The van der Waals surface area contributed by atoms with Crippen molar-refractivity contribution < 1.29 is 9.53 Å². The van der Waals surface area contributed by atoms with Gasteiger partial charge in [0.15, 0.2) is 0 Å². The van der Waals surface area contributed by atoms with E-state index < -0.39 is 0 Å². The molecule has 2 fully saturated rings. The van der Waals surface area contributed by atoms with Gasteiger partial charge in [0.25, 0.3) is 0 Å². The molecule has 0 unspecified atom stereocenters. The number of allylic oxidation sites excluding steroid dienone is 2. The predicted molar refractivity (Wildman–Crippen MR) is 52.5 cm³/mol. The first-order valence-corrected chi connectivity index (χ1v) is 5.59. The first kappa shape index (κ1) is 8.51. The first-order chi connectivity index (χ1) is 6.75. The maximum Gasteiger partial charge on any atom is 0.302 e. The fraction of sp³-hybridized carbons (Fsp3) is 0.750. The van der Waals surface area contributed by atoms with Gasteiger partial charge in [0.1, 0.15) is 6.10 Å². The Morgan fingerprint density at radius 1 is 1.36 bits per heavy atom. The highest BCUT2D eigenvalue weighted by atomic mass is 16.5. The van der Waals surface area contributed by atoms with Crippen LogP contribution in [0.4, 0.5) is 0 Å². The molecule has 2 bridgehead atoms. The molecule has 0 aromatic carbocycles. The molecular formula is C12H16O2. The predicted octanol–water partition coefficient (Wildman–Crippen LogP) is 2.15. The van der Waals surface area contributed by atoms with E-state index in [2.05, 4.69) is 12.2 Å². The first-order valence-electron chi connectivity index (χ1n) is 5.59. The molecule has 0 aromatic heterocycles. The molecule has 0 N–H and O–H groups in total. The van der Waals surface area contributed by atoms with Crippen molar-refractivity contribution in [2.75, 3.05) is 0 Å². The van der Waals surface area contributed by atoms with Crippen molar-refractivity contribution in [2.45, 2.75) is 32.3 Å². The monoisotopic (exact) mass is 192 g/mol. The minimum Gasteiger partial charge on any atom is -0.462 e. The van der Waals surface area contributed by atoms with Crippen molar-refractivity contribution in [1.82, 2.24) is 0 Å². The summed E-state index contributed by atoms with van der Waals surface area (Å²) in [7, 11) is 0. The van der Waals surface area contributed by atoms with Gasteiger partial charge in [0.2, 0.25) is 0 Å². The highest BCUT2D eigenvalue weighted by Crippen LogP contribution is 2.57. The molecule has 0 aromatic rings. The number of carbonyl (C=O) groups is 1. The van der Waals surface area contributed by atoms with Gasteiger partial charge < -0.3 is 4.74 Å². The van der Waals surface area contributed by atoms with Crippen molar-refractivity contribution in [3.05, 3.63) is 12.2 Å². The molecular weight excluding hydrogens is 176 g/mol. The molecule has 0 radical (unpaired) electrons. The molecule has 0 aliphatic heterocycles. The van der Waals surface area contributed by atoms with Gasteiger partial charge in [0, 0.05) is 6.92 Å². The zero-order valence-electron chi connectivity index (χ0n) is 8.48. The van der Waals surface area contributed by atoms with Gasteiger partial charge in [-0.3, -0.25) is 4.79 Å². The van der Waals surface area contributed by atoms with Crippen molar-refractivity contribution in [3.63, 3.8) is 0 Å². The lowest BCUT2D eigenvalue weighted by atomic mass is 9.80. The van der Waals surface area contributed by atoms with Gasteiger partial charge in [-0.05, 0) is 42.9 Å². The van der Waals surface area contributed by atoms with Crippen molar-refractivity contribution in [1.29, 1.82) is 0 Å². The third kappa shape index (κ3) is 1.06. The second kappa shape index (κ2) is 2.85. The average molecular weight is 192 g/mol. The van der Waals surface area contributed by atoms with E-state index in [0.29, 0.717) is 5.92 Å². The van der Waals surface area contributed by atoms with Crippen LogP contribution in [0, 0.1) is 23.7 Å². The Labute approximate surface area is 84.3 Å². The Kier molecular flexibility index (Phi) is 1.73. The lowest BCUT2D eigenvalue weighted by Crippen LogP contribution is -2.31. The summed E-state index contributed by atoms with van der Waals surface area (Å²) in [5, 5.41) is 0. The zero-order valence-corrected chi connectivity index (χ0v) is 8.48. The minimum atomic E-state index is -0.106. The fourth-order valence-corrected chi connectivity index (χ4v) is 3.84. The number of fused-ring (bicyclic) bond motifs is 5. The van der Waals surface area contributed by atoms with Crippen LogP contribution >= 0.6 is 0 Å². The number of rotatable bonds is 1. The summed E-state index contributed by atoms with van der Waals surface area (Å²) < 4.78 is 5.39. The Morgan fingerprint density at radius 3 is 3.00 bits per heavy atom. The number of hydrogen-bond donors (Lipinski definition) is 0. The van der Waals surface area contributed by atoms with E-state index in [1.54, 1.807) is 0 Å². The Balaban J connectivity index is 1.75. The quantitative estimate of drug-likeness (QED) is 0.470. The maximum atomic E-state index is 10.9. The standard InChI is InChI=1S/C12H16O2/c1-7(13)14-12-6-8-5-11(12)10-4-2-3-9(8)10/h2-3,8-12H,4-6H2,1H3/t8-,9+,10-,11+,12-/m0/s1. The average Bonchev–Trinajstić information content (AvgIpc) is 2.68. The third-order valence-electron chi connectivity index (χ3n) is 4.26. The molecule has 2 nitrogen and oxygen atoms in total. The Bertz CT molecular complexity index is 295. The van der Waals surface area contributed by atoms with Gasteiger partial charge in [-0.1, -0.05) is 12.2 Å². The number of carbonyl (C=O) groups excluding carboxylic acids is 1. The third-order valence-corrected chi connectivity index (χ3v) is 4.26. The maximum absolute atomic E-state index is 10.9. The molecule has 2 heteroatoms. The minimum absolute atomic E-state index is 0.106. The second-order valence-electron chi connectivity index (χ2n) is 4.95. The van der Waals surface area contributed by atoms with Gasteiger partial charge in [0.05, 0.1) is 0 Å². The molecule has 3 rings (SSSR count). The van der Waals surface area contributed by atoms with E-state index in [4.69, 9.17) is 4.74 Å². The van der Waals surface area contributed by atoms with Crippen LogP contribution in [0.2, 0.25) is 0 Å². The lowest BCUT2D eigenvalue weighted by Gasteiger charge is -2.30. The van der Waals surface area contributed by atoms with Crippen molar-refractivity contribution >= 4 is 5.97 Å². The summed E-state index contributed by atoms with van der Waals surface area (Å²) in [4.78, 5) is 10.9. The Morgan fingerprint density at radius 2 is 2.21 bits per heavy atom. The molecule has 3 aliphatic rings. The summed E-state index contributed by atoms with van der Waals surface area (Å²) >= 11 is 0. The van der Waals surface area contributed by atoms with Gasteiger partial charge in [-0.2, -0.15) is 0 Å². The lowest BCUT2D eigenvalue weighted by molar-refractivity contribution is -0.150. The molecule has 5 atom stereocenters. The van der Waals surface area contributed by atoms with E-state index in [-0.39, 0.29) is 12.1 Å². The van der Waals surface area contributed by atoms with Crippen LogP contribution in [0.1, 0.15) is 26.2 Å². The fourth-order valence-electron chi connectivity index (χ4n) is 3.84. The van der Waals surface area contributed by atoms with Gasteiger partial charge in [-0.15, -0.1) is 0 Å².